The maximum Gasteiger partial charge on any atom is 0.255 e. The molecular weight excluding hydrogens is 220 g/mol. The zero-order valence-corrected chi connectivity index (χ0v) is 11.8. The molecule has 3 heteroatoms. The molecule has 3 atom stereocenters. The van der Waals surface area contributed by atoms with Crippen molar-refractivity contribution in [3.63, 3.8) is 0 Å². The van der Waals surface area contributed by atoms with E-state index in [0.29, 0.717) is 12.8 Å². The molecular formula is C14H27F2N. The minimum Gasteiger partial charge on any atom is -0.327 e. The molecule has 1 saturated carbocycles. The van der Waals surface area contributed by atoms with Gasteiger partial charge in [-0.15, -0.1) is 0 Å². The molecule has 0 radical (unpaired) electrons. The van der Waals surface area contributed by atoms with Gasteiger partial charge < -0.3 is 5.73 Å². The first-order chi connectivity index (χ1) is 7.55. The lowest BCUT2D eigenvalue weighted by molar-refractivity contribution is -0.179. The van der Waals surface area contributed by atoms with Crippen molar-refractivity contribution in [3.05, 3.63) is 0 Å². The molecule has 0 heterocycles. The quantitative estimate of drug-likeness (QED) is 0.794. The maximum atomic E-state index is 14.4. The van der Waals surface area contributed by atoms with E-state index in [9.17, 15) is 8.78 Å². The molecule has 0 spiro atoms. The number of rotatable bonds is 3. The summed E-state index contributed by atoms with van der Waals surface area (Å²) in [5, 5.41) is 0. The summed E-state index contributed by atoms with van der Waals surface area (Å²) in [6.45, 7) is 8.98. The first-order valence-electron chi connectivity index (χ1n) is 6.68. The third-order valence-electron chi connectivity index (χ3n) is 4.90. The van der Waals surface area contributed by atoms with E-state index < -0.39 is 17.3 Å². The summed E-state index contributed by atoms with van der Waals surface area (Å²) in [4.78, 5) is 0. The van der Waals surface area contributed by atoms with Gasteiger partial charge in [-0.05, 0) is 31.6 Å². The smallest absolute Gasteiger partial charge is 0.255 e. The van der Waals surface area contributed by atoms with Gasteiger partial charge in [0, 0.05) is 17.4 Å². The Balaban J connectivity index is 2.98. The average molecular weight is 247 g/mol. The van der Waals surface area contributed by atoms with Gasteiger partial charge in [0.05, 0.1) is 0 Å². The Morgan fingerprint density at radius 1 is 1.12 bits per heavy atom. The lowest BCUT2D eigenvalue weighted by Gasteiger charge is -2.50. The predicted molar refractivity (Wildman–Crippen MR) is 68.1 cm³/mol. The molecule has 0 bridgehead atoms. The second-order valence-corrected chi connectivity index (χ2v) is 6.81. The van der Waals surface area contributed by atoms with E-state index in [1.54, 1.807) is 20.8 Å². The van der Waals surface area contributed by atoms with Crippen molar-refractivity contribution >= 4 is 0 Å². The van der Waals surface area contributed by atoms with E-state index in [0.717, 1.165) is 12.8 Å². The number of hydrogen-bond donors (Lipinski definition) is 1. The van der Waals surface area contributed by atoms with E-state index >= 15 is 0 Å². The van der Waals surface area contributed by atoms with Crippen LogP contribution in [0.2, 0.25) is 0 Å². The summed E-state index contributed by atoms with van der Waals surface area (Å²) >= 11 is 0. The Morgan fingerprint density at radius 3 is 2.06 bits per heavy atom. The summed E-state index contributed by atoms with van der Waals surface area (Å²) in [5.41, 5.74) is 4.95. The molecule has 0 saturated heterocycles. The van der Waals surface area contributed by atoms with Crippen LogP contribution in [0.15, 0.2) is 0 Å². The monoisotopic (exact) mass is 247 g/mol. The Morgan fingerprint density at radius 2 is 1.65 bits per heavy atom. The van der Waals surface area contributed by atoms with Gasteiger partial charge in [0.25, 0.3) is 5.92 Å². The van der Waals surface area contributed by atoms with E-state index in [4.69, 9.17) is 5.73 Å². The molecule has 1 rings (SSSR count). The first-order valence-corrected chi connectivity index (χ1v) is 6.68. The van der Waals surface area contributed by atoms with Crippen LogP contribution in [-0.2, 0) is 0 Å². The minimum absolute atomic E-state index is 0.0231. The molecule has 3 unspecified atom stereocenters. The standard InChI is InChI=1S/C14H27F2N/c1-10(2)14(15,16)13(5)8-6-7-12(4,9-13)11(3)17/h10-11H,6-9,17H2,1-5H3. The lowest BCUT2D eigenvalue weighted by atomic mass is 9.57. The van der Waals surface area contributed by atoms with Crippen molar-refractivity contribution in [2.24, 2.45) is 22.5 Å². The zero-order valence-electron chi connectivity index (χ0n) is 11.8. The number of halogens is 2. The highest BCUT2D eigenvalue weighted by Crippen LogP contribution is 2.56. The summed E-state index contributed by atoms with van der Waals surface area (Å²) < 4.78 is 28.8. The van der Waals surface area contributed by atoms with Crippen LogP contribution >= 0.6 is 0 Å². The van der Waals surface area contributed by atoms with Gasteiger partial charge in [-0.3, -0.25) is 0 Å². The van der Waals surface area contributed by atoms with Crippen LogP contribution in [-0.4, -0.2) is 12.0 Å². The van der Waals surface area contributed by atoms with E-state index in [1.807, 2.05) is 6.92 Å². The molecule has 0 aliphatic heterocycles. The van der Waals surface area contributed by atoms with Crippen molar-refractivity contribution in [3.8, 4) is 0 Å². The zero-order chi connectivity index (χ0) is 13.5. The molecule has 1 aliphatic carbocycles. The summed E-state index contributed by atoms with van der Waals surface area (Å²) in [5.74, 6) is -3.22. The molecule has 1 fully saturated rings. The molecule has 102 valence electrons. The number of nitrogens with two attached hydrogens (primary N) is 1. The van der Waals surface area contributed by atoms with Crippen LogP contribution < -0.4 is 5.73 Å². The molecule has 1 aliphatic rings. The highest BCUT2D eigenvalue weighted by Gasteiger charge is 2.56. The van der Waals surface area contributed by atoms with Crippen LogP contribution in [0.3, 0.4) is 0 Å². The van der Waals surface area contributed by atoms with E-state index in [1.165, 1.54) is 0 Å². The maximum absolute atomic E-state index is 14.4. The van der Waals surface area contributed by atoms with Crippen LogP contribution in [0.4, 0.5) is 8.78 Å². The van der Waals surface area contributed by atoms with E-state index in [-0.39, 0.29) is 11.5 Å². The Hall–Kier alpha value is -0.180. The lowest BCUT2D eigenvalue weighted by Crippen LogP contribution is -2.52. The Kier molecular flexibility index (Phi) is 3.93. The summed E-state index contributed by atoms with van der Waals surface area (Å²) in [6.07, 6.45) is 2.97. The fourth-order valence-electron chi connectivity index (χ4n) is 3.32. The van der Waals surface area contributed by atoms with Crippen LogP contribution in [0.1, 0.15) is 60.3 Å². The molecule has 17 heavy (non-hydrogen) atoms. The van der Waals surface area contributed by atoms with Crippen molar-refractivity contribution in [1.82, 2.24) is 0 Å². The molecule has 0 amide bonds. The summed E-state index contributed by atoms with van der Waals surface area (Å²) in [7, 11) is 0. The molecule has 1 nitrogen and oxygen atoms in total. The molecule has 0 aromatic carbocycles. The minimum atomic E-state index is -2.61. The Labute approximate surface area is 104 Å². The normalized spacial score (nSPS) is 37.2. The van der Waals surface area contributed by atoms with Gasteiger partial charge in [-0.2, -0.15) is 0 Å². The SMILES string of the molecule is CC(N)C1(C)CCCC(C)(C(F)(F)C(C)C)C1. The van der Waals surface area contributed by atoms with Crippen molar-refractivity contribution in [2.45, 2.75) is 72.3 Å². The van der Waals surface area contributed by atoms with Gasteiger partial charge in [0.15, 0.2) is 0 Å². The highest BCUT2D eigenvalue weighted by molar-refractivity contribution is 5.00. The fourth-order valence-corrected chi connectivity index (χ4v) is 3.32. The van der Waals surface area contributed by atoms with Gasteiger partial charge in [-0.25, -0.2) is 8.78 Å². The average Bonchev–Trinajstić information content (AvgIpc) is 2.16. The van der Waals surface area contributed by atoms with Crippen LogP contribution in [0, 0.1) is 16.7 Å². The molecule has 2 N–H and O–H groups in total. The van der Waals surface area contributed by atoms with E-state index in [2.05, 4.69) is 6.92 Å². The third-order valence-corrected chi connectivity index (χ3v) is 4.90. The topological polar surface area (TPSA) is 26.0 Å². The second kappa shape index (κ2) is 4.49. The van der Waals surface area contributed by atoms with Crippen molar-refractivity contribution in [2.75, 3.05) is 0 Å². The highest BCUT2D eigenvalue weighted by atomic mass is 19.3. The largest absolute Gasteiger partial charge is 0.327 e. The fraction of sp³-hybridized carbons (Fsp3) is 1.00. The summed E-state index contributed by atoms with van der Waals surface area (Å²) in [6, 6.07) is -0.0231. The number of hydrogen-bond acceptors (Lipinski definition) is 1. The van der Waals surface area contributed by atoms with Gasteiger partial charge >= 0.3 is 0 Å². The van der Waals surface area contributed by atoms with Crippen LogP contribution in [0.5, 0.6) is 0 Å². The van der Waals surface area contributed by atoms with Gasteiger partial charge in [-0.1, -0.05) is 34.1 Å². The third kappa shape index (κ3) is 2.49. The van der Waals surface area contributed by atoms with Gasteiger partial charge in [0.2, 0.25) is 0 Å². The second-order valence-electron chi connectivity index (χ2n) is 6.81. The Bertz CT molecular complexity index is 275. The first kappa shape index (κ1) is 14.9. The van der Waals surface area contributed by atoms with Gasteiger partial charge in [0.1, 0.15) is 0 Å². The molecule has 0 aromatic rings. The number of alkyl halides is 2. The molecule has 0 aromatic heterocycles. The van der Waals surface area contributed by atoms with Crippen molar-refractivity contribution in [1.29, 1.82) is 0 Å². The predicted octanol–water partition coefficient (Wildman–Crippen LogP) is 4.21. The van der Waals surface area contributed by atoms with Crippen LogP contribution in [0.25, 0.3) is 0 Å². The van der Waals surface area contributed by atoms with Crippen molar-refractivity contribution < 1.29 is 8.78 Å².